The Morgan fingerprint density at radius 3 is 2.43 bits per heavy atom. The number of Topliss-reactive ketones (excluding diaryl/α,β-unsaturated/α-hetero) is 1. The molecule has 8 heteroatoms. The van der Waals surface area contributed by atoms with E-state index in [-0.39, 0.29) is 5.56 Å². The van der Waals surface area contributed by atoms with E-state index in [1.807, 2.05) is 24.3 Å². The molecule has 0 aliphatic heterocycles. The number of aromatic nitrogens is 2. The van der Waals surface area contributed by atoms with Crippen molar-refractivity contribution in [2.24, 2.45) is 7.05 Å². The fraction of sp³-hybridized carbons (Fsp3) is 0.250. The van der Waals surface area contributed by atoms with Crippen LogP contribution in [-0.4, -0.2) is 36.7 Å². The molecule has 7 nitrogen and oxygen atoms in total. The monoisotopic (exact) mass is 443 g/mol. The summed E-state index contributed by atoms with van der Waals surface area (Å²) in [7, 11) is 6.19. The van der Waals surface area contributed by atoms with Crippen LogP contribution in [0.1, 0.15) is 22.1 Å². The summed E-state index contributed by atoms with van der Waals surface area (Å²) in [5.41, 5.74) is 1.81. The molecule has 0 spiro atoms. The van der Waals surface area contributed by atoms with Crippen LogP contribution in [0.5, 0.6) is 17.2 Å². The number of methoxy groups -OCH3 is 3. The van der Waals surface area contributed by atoms with E-state index in [0.717, 1.165) is 11.0 Å². The van der Waals surface area contributed by atoms with E-state index < -0.39 is 11.7 Å². The molecule has 0 saturated heterocycles. The number of nitriles is 1. The van der Waals surface area contributed by atoms with Gasteiger partial charge >= 0.3 is 0 Å². The third-order valence-electron chi connectivity index (χ3n) is 4.51. The Hall–Kier alpha value is -3.05. The van der Waals surface area contributed by atoms with Crippen LogP contribution in [0.25, 0.3) is 11.0 Å². The molecule has 28 heavy (non-hydrogen) atoms. The SMILES string of the molecule is COc1cc(C(=O)C(C#N)c2nc3ccccc3n2C)c(Br)c(OC)c1OC. The van der Waals surface area contributed by atoms with Crippen LogP contribution in [0.2, 0.25) is 0 Å². The van der Waals surface area contributed by atoms with Gasteiger partial charge in [0.2, 0.25) is 5.75 Å². The predicted octanol–water partition coefficient (Wildman–Crippen LogP) is 3.85. The van der Waals surface area contributed by atoms with Crippen molar-refractivity contribution in [1.29, 1.82) is 5.26 Å². The van der Waals surface area contributed by atoms with Crippen molar-refractivity contribution in [2.45, 2.75) is 5.92 Å². The summed E-state index contributed by atoms with van der Waals surface area (Å²) in [6.07, 6.45) is 0. The quantitative estimate of drug-likeness (QED) is 0.537. The van der Waals surface area contributed by atoms with E-state index in [0.29, 0.717) is 27.5 Å². The molecule has 3 aromatic rings. The van der Waals surface area contributed by atoms with E-state index in [1.54, 1.807) is 11.6 Å². The van der Waals surface area contributed by atoms with Crippen LogP contribution in [0.15, 0.2) is 34.8 Å². The van der Waals surface area contributed by atoms with Gasteiger partial charge in [0, 0.05) is 12.6 Å². The Kier molecular flexibility index (Phi) is 5.56. The molecule has 0 aliphatic carbocycles. The molecule has 0 N–H and O–H groups in total. The summed E-state index contributed by atoms with van der Waals surface area (Å²) in [6.45, 7) is 0. The molecule has 0 saturated carbocycles. The van der Waals surface area contributed by atoms with Crippen molar-refractivity contribution < 1.29 is 19.0 Å². The second-order valence-corrected chi connectivity index (χ2v) is 6.74. The fourth-order valence-corrected chi connectivity index (χ4v) is 3.76. The topological polar surface area (TPSA) is 86.4 Å². The van der Waals surface area contributed by atoms with Crippen molar-refractivity contribution in [3.63, 3.8) is 0 Å². The number of nitrogens with zero attached hydrogens (tertiary/aromatic N) is 3. The second kappa shape index (κ2) is 7.90. The smallest absolute Gasteiger partial charge is 0.204 e. The predicted molar refractivity (Wildman–Crippen MR) is 107 cm³/mol. The Labute approximate surface area is 170 Å². The summed E-state index contributed by atoms with van der Waals surface area (Å²) in [5.74, 6) is -0.165. The number of carbonyl (C=O) groups excluding carboxylic acids is 1. The minimum Gasteiger partial charge on any atom is -0.493 e. The van der Waals surface area contributed by atoms with Crippen molar-refractivity contribution in [3.05, 3.63) is 46.2 Å². The minimum absolute atomic E-state index is 0.244. The van der Waals surface area contributed by atoms with E-state index in [4.69, 9.17) is 14.2 Å². The number of ketones is 1. The van der Waals surface area contributed by atoms with Crippen LogP contribution in [-0.2, 0) is 7.05 Å². The highest BCUT2D eigenvalue weighted by molar-refractivity contribution is 9.10. The number of fused-ring (bicyclic) bond motifs is 1. The zero-order valence-corrected chi connectivity index (χ0v) is 17.4. The average molecular weight is 444 g/mol. The molecule has 0 bridgehead atoms. The zero-order valence-electron chi connectivity index (χ0n) is 15.8. The number of para-hydroxylation sites is 2. The Bertz CT molecular complexity index is 1100. The van der Waals surface area contributed by atoms with Crippen molar-refractivity contribution in [1.82, 2.24) is 9.55 Å². The lowest BCUT2D eigenvalue weighted by atomic mass is 9.97. The zero-order chi connectivity index (χ0) is 20.4. The average Bonchev–Trinajstić information content (AvgIpc) is 3.04. The summed E-state index contributed by atoms with van der Waals surface area (Å²) < 4.78 is 18.2. The Morgan fingerprint density at radius 1 is 1.18 bits per heavy atom. The van der Waals surface area contributed by atoms with Gasteiger partial charge in [0.25, 0.3) is 0 Å². The van der Waals surface area contributed by atoms with Gasteiger partial charge in [-0.1, -0.05) is 12.1 Å². The fourth-order valence-electron chi connectivity index (χ4n) is 3.11. The first kappa shape index (κ1) is 19.7. The summed E-state index contributed by atoms with van der Waals surface area (Å²) in [4.78, 5) is 17.8. The molecule has 2 aromatic carbocycles. The molecular formula is C20H18BrN3O4. The maximum atomic E-state index is 13.3. The number of hydrogen-bond donors (Lipinski definition) is 0. The third kappa shape index (κ3) is 3.08. The number of ether oxygens (including phenoxy) is 3. The normalized spacial score (nSPS) is 11.7. The molecule has 144 valence electrons. The first-order chi connectivity index (χ1) is 13.5. The van der Waals surface area contributed by atoms with Crippen molar-refractivity contribution in [3.8, 4) is 23.3 Å². The van der Waals surface area contributed by atoms with E-state index >= 15 is 0 Å². The number of halogens is 1. The number of aryl methyl sites for hydroxylation is 1. The molecule has 1 unspecified atom stereocenters. The molecule has 0 amide bonds. The van der Waals surface area contributed by atoms with Crippen LogP contribution < -0.4 is 14.2 Å². The summed E-state index contributed by atoms with van der Waals surface area (Å²) in [5, 5.41) is 9.78. The van der Waals surface area contributed by atoms with Gasteiger partial charge in [-0.15, -0.1) is 0 Å². The second-order valence-electron chi connectivity index (χ2n) is 5.95. The molecule has 0 radical (unpaired) electrons. The first-order valence-corrected chi connectivity index (χ1v) is 9.11. The highest BCUT2D eigenvalue weighted by Crippen LogP contribution is 2.45. The lowest BCUT2D eigenvalue weighted by Crippen LogP contribution is -2.16. The highest BCUT2D eigenvalue weighted by atomic mass is 79.9. The number of hydrogen-bond acceptors (Lipinski definition) is 6. The van der Waals surface area contributed by atoms with Crippen LogP contribution in [0.4, 0.5) is 0 Å². The van der Waals surface area contributed by atoms with Crippen molar-refractivity contribution in [2.75, 3.05) is 21.3 Å². The first-order valence-electron chi connectivity index (χ1n) is 8.32. The molecule has 0 aliphatic rings. The van der Waals surface area contributed by atoms with Gasteiger partial charge in [-0.25, -0.2) is 4.98 Å². The van der Waals surface area contributed by atoms with Gasteiger partial charge in [0.15, 0.2) is 23.2 Å². The molecule has 1 heterocycles. The maximum absolute atomic E-state index is 13.3. The number of rotatable bonds is 6. The molecule has 1 atom stereocenters. The van der Waals surface area contributed by atoms with E-state index in [2.05, 4.69) is 27.0 Å². The van der Waals surface area contributed by atoms with Gasteiger partial charge in [0.1, 0.15) is 5.82 Å². The molecule has 1 aromatic heterocycles. The Morgan fingerprint density at radius 2 is 1.86 bits per heavy atom. The maximum Gasteiger partial charge on any atom is 0.204 e. The number of imidazole rings is 1. The van der Waals surface area contributed by atoms with Crippen LogP contribution in [0, 0.1) is 11.3 Å². The summed E-state index contributed by atoms with van der Waals surface area (Å²) >= 11 is 3.40. The lowest BCUT2D eigenvalue weighted by Gasteiger charge is -2.17. The Balaban J connectivity index is 2.16. The van der Waals surface area contributed by atoms with Gasteiger partial charge in [-0.05, 0) is 34.1 Å². The standard InChI is InChI=1S/C20H18BrN3O4/c1-24-14-8-6-5-7-13(14)23-20(24)12(10-22)17(25)11-9-15(26-2)18(27-3)19(28-4)16(11)21/h5-9,12H,1-4H3. The van der Waals surface area contributed by atoms with Crippen LogP contribution in [0.3, 0.4) is 0 Å². The van der Waals surface area contributed by atoms with Gasteiger partial charge in [0.05, 0.1) is 42.9 Å². The lowest BCUT2D eigenvalue weighted by molar-refractivity contribution is 0.0973. The van der Waals surface area contributed by atoms with E-state index in [9.17, 15) is 10.1 Å². The van der Waals surface area contributed by atoms with Gasteiger partial charge < -0.3 is 18.8 Å². The summed E-state index contributed by atoms with van der Waals surface area (Å²) in [6, 6.07) is 11.1. The minimum atomic E-state index is -1.10. The highest BCUT2D eigenvalue weighted by Gasteiger charge is 2.31. The largest absolute Gasteiger partial charge is 0.493 e. The third-order valence-corrected chi connectivity index (χ3v) is 5.29. The van der Waals surface area contributed by atoms with Gasteiger partial charge in [-0.2, -0.15) is 5.26 Å². The number of carbonyl (C=O) groups is 1. The van der Waals surface area contributed by atoms with Crippen LogP contribution >= 0.6 is 15.9 Å². The molecule has 3 rings (SSSR count). The van der Waals surface area contributed by atoms with Crippen molar-refractivity contribution >= 4 is 32.7 Å². The van der Waals surface area contributed by atoms with Gasteiger partial charge in [-0.3, -0.25) is 4.79 Å². The van der Waals surface area contributed by atoms with E-state index in [1.165, 1.54) is 27.4 Å². The molecule has 0 fully saturated rings. The number of benzene rings is 2. The molecular weight excluding hydrogens is 426 g/mol.